The summed E-state index contributed by atoms with van der Waals surface area (Å²) in [5.41, 5.74) is 1.10. The zero-order valence-electron chi connectivity index (χ0n) is 14.0. The highest BCUT2D eigenvalue weighted by Gasteiger charge is 2.28. The first-order valence-corrected chi connectivity index (χ1v) is 9.42. The maximum Gasteiger partial charge on any atom is 0.123 e. The van der Waals surface area contributed by atoms with Crippen molar-refractivity contribution in [1.29, 1.82) is 0 Å². The second kappa shape index (κ2) is 8.07. The fraction of sp³-hybridized carbons (Fsp3) is 0.250. The third-order valence-corrected chi connectivity index (χ3v) is 6.16. The van der Waals surface area contributed by atoms with E-state index in [0.717, 1.165) is 34.9 Å². The Kier molecular flexibility index (Phi) is 5.82. The minimum atomic E-state index is -0.216. The zero-order valence-corrected chi connectivity index (χ0v) is 15.6. The van der Waals surface area contributed by atoms with Crippen LogP contribution in [0.5, 0.6) is 0 Å². The smallest absolute Gasteiger partial charge is 0.123 e. The molecule has 0 saturated carbocycles. The number of rotatable bonds is 7. The summed E-state index contributed by atoms with van der Waals surface area (Å²) in [4.78, 5) is 5.12. The molecular weight excluding hydrogens is 355 g/mol. The highest BCUT2D eigenvalue weighted by atomic mass is 35.5. The standard InChI is InChI=1S/C20H20ClFN2S/c1-20(16-7-9-17(22)10-8-16,11-4-13-24-14-12-23-15-24)25-19-6-3-2-5-18(19)21/h2-3,5-10,12,14-15H,4,11,13H2,1H3. The number of nitrogens with zero attached hydrogens (tertiary/aromatic N) is 2. The average molecular weight is 375 g/mol. The van der Waals surface area contributed by atoms with Crippen molar-refractivity contribution in [2.45, 2.75) is 36.0 Å². The molecule has 130 valence electrons. The number of hydrogen-bond acceptors (Lipinski definition) is 2. The third kappa shape index (κ3) is 4.65. The van der Waals surface area contributed by atoms with Gasteiger partial charge in [-0.3, -0.25) is 0 Å². The van der Waals surface area contributed by atoms with Crippen LogP contribution in [0.25, 0.3) is 0 Å². The summed E-state index contributed by atoms with van der Waals surface area (Å²) < 4.78 is 15.2. The zero-order chi connectivity index (χ0) is 17.7. The molecule has 0 saturated heterocycles. The molecule has 0 N–H and O–H groups in total. The summed E-state index contributed by atoms with van der Waals surface area (Å²) in [6.45, 7) is 3.10. The topological polar surface area (TPSA) is 17.8 Å². The van der Waals surface area contributed by atoms with Crippen LogP contribution in [0.3, 0.4) is 0 Å². The summed E-state index contributed by atoms with van der Waals surface area (Å²) in [7, 11) is 0. The van der Waals surface area contributed by atoms with E-state index >= 15 is 0 Å². The Morgan fingerprint density at radius 2 is 1.92 bits per heavy atom. The fourth-order valence-corrected chi connectivity index (χ4v) is 4.39. The number of thioether (sulfide) groups is 1. The van der Waals surface area contributed by atoms with Crippen LogP contribution in [-0.2, 0) is 11.3 Å². The molecule has 3 rings (SSSR count). The van der Waals surface area contributed by atoms with E-state index in [9.17, 15) is 4.39 Å². The van der Waals surface area contributed by atoms with E-state index in [0.29, 0.717) is 0 Å². The lowest BCUT2D eigenvalue weighted by molar-refractivity contribution is 0.530. The van der Waals surface area contributed by atoms with Gasteiger partial charge in [0.05, 0.1) is 11.3 Å². The van der Waals surface area contributed by atoms with Crippen molar-refractivity contribution in [3.63, 3.8) is 0 Å². The van der Waals surface area contributed by atoms with E-state index in [1.807, 2.05) is 48.9 Å². The van der Waals surface area contributed by atoms with Gasteiger partial charge in [0.2, 0.25) is 0 Å². The predicted molar refractivity (Wildman–Crippen MR) is 103 cm³/mol. The Hall–Kier alpha value is -1.78. The molecule has 0 spiro atoms. The Morgan fingerprint density at radius 1 is 1.16 bits per heavy atom. The molecule has 2 nitrogen and oxygen atoms in total. The van der Waals surface area contributed by atoms with Crippen molar-refractivity contribution < 1.29 is 4.39 Å². The molecule has 5 heteroatoms. The molecule has 0 radical (unpaired) electrons. The lowest BCUT2D eigenvalue weighted by Crippen LogP contribution is -2.18. The Morgan fingerprint density at radius 3 is 2.60 bits per heavy atom. The van der Waals surface area contributed by atoms with E-state index in [-0.39, 0.29) is 10.6 Å². The van der Waals surface area contributed by atoms with Crippen molar-refractivity contribution in [3.05, 3.63) is 83.7 Å². The maximum absolute atomic E-state index is 13.4. The number of benzene rings is 2. The van der Waals surface area contributed by atoms with Crippen LogP contribution in [0.2, 0.25) is 5.02 Å². The Bertz CT molecular complexity index is 805. The molecule has 1 aromatic heterocycles. The maximum atomic E-state index is 13.4. The van der Waals surface area contributed by atoms with Gasteiger partial charge in [0, 0.05) is 28.6 Å². The molecule has 3 aromatic rings. The normalized spacial score (nSPS) is 13.6. The largest absolute Gasteiger partial charge is 0.337 e. The predicted octanol–water partition coefficient (Wildman–Crippen LogP) is 6.16. The molecule has 1 heterocycles. The van der Waals surface area contributed by atoms with Gasteiger partial charge in [0.15, 0.2) is 0 Å². The minimum Gasteiger partial charge on any atom is -0.337 e. The molecular formula is C20H20ClFN2S. The van der Waals surface area contributed by atoms with Crippen molar-refractivity contribution in [1.82, 2.24) is 9.55 Å². The molecule has 1 atom stereocenters. The number of imidazole rings is 1. The van der Waals surface area contributed by atoms with Crippen molar-refractivity contribution in [3.8, 4) is 0 Å². The lowest BCUT2D eigenvalue weighted by Gasteiger charge is -2.30. The first-order valence-electron chi connectivity index (χ1n) is 8.22. The van der Waals surface area contributed by atoms with Crippen LogP contribution in [0.4, 0.5) is 4.39 Å². The quantitative estimate of drug-likeness (QED) is 0.460. The van der Waals surface area contributed by atoms with Gasteiger partial charge in [-0.1, -0.05) is 35.9 Å². The highest BCUT2D eigenvalue weighted by molar-refractivity contribution is 8.00. The second-order valence-corrected chi connectivity index (χ2v) is 8.13. The van der Waals surface area contributed by atoms with Gasteiger partial charge < -0.3 is 4.57 Å². The summed E-state index contributed by atoms with van der Waals surface area (Å²) in [6.07, 6.45) is 7.51. The molecule has 0 aliphatic heterocycles. The van der Waals surface area contributed by atoms with E-state index in [4.69, 9.17) is 11.6 Å². The number of hydrogen-bond donors (Lipinski definition) is 0. The molecule has 0 fully saturated rings. The van der Waals surface area contributed by atoms with E-state index < -0.39 is 0 Å². The number of aryl methyl sites for hydroxylation is 1. The summed E-state index contributed by atoms with van der Waals surface area (Å²) >= 11 is 8.10. The Labute approximate surface area is 157 Å². The van der Waals surface area contributed by atoms with Crippen molar-refractivity contribution >= 4 is 23.4 Å². The third-order valence-electron chi connectivity index (χ3n) is 4.26. The van der Waals surface area contributed by atoms with Crippen LogP contribution >= 0.6 is 23.4 Å². The molecule has 0 bridgehead atoms. The average Bonchev–Trinajstić information content (AvgIpc) is 3.11. The van der Waals surface area contributed by atoms with Gasteiger partial charge in [0.1, 0.15) is 5.82 Å². The second-order valence-electron chi connectivity index (χ2n) is 6.17. The number of halogens is 2. The molecule has 2 aromatic carbocycles. The molecule has 0 aliphatic carbocycles. The molecule has 25 heavy (non-hydrogen) atoms. The van der Waals surface area contributed by atoms with Crippen LogP contribution in [0.1, 0.15) is 25.3 Å². The lowest BCUT2D eigenvalue weighted by atomic mass is 9.95. The van der Waals surface area contributed by atoms with E-state index in [1.165, 1.54) is 12.1 Å². The van der Waals surface area contributed by atoms with Gasteiger partial charge in [0.25, 0.3) is 0 Å². The van der Waals surface area contributed by atoms with Crippen LogP contribution in [-0.4, -0.2) is 9.55 Å². The molecule has 0 amide bonds. The van der Waals surface area contributed by atoms with Crippen LogP contribution < -0.4 is 0 Å². The van der Waals surface area contributed by atoms with Crippen LogP contribution in [0.15, 0.2) is 72.1 Å². The highest BCUT2D eigenvalue weighted by Crippen LogP contribution is 2.46. The van der Waals surface area contributed by atoms with Gasteiger partial charge in [-0.25, -0.2) is 9.37 Å². The summed E-state index contributed by atoms with van der Waals surface area (Å²) in [6, 6.07) is 14.6. The van der Waals surface area contributed by atoms with Crippen molar-refractivity contribution in [2.75, 3.05) is 0 Å². The van der Waals surface area contributed by atoms with Crippen LogP contribution in [0, 0.1) is 5.82 Å². The van der Waals surface area contributed by atoms with Crippen molar-refractivity contribution in [2.24, 2.45) is 0 Å². The van der Waals surface area contributed by atoms with Gasteiger partial charge in [-0.2, -0.15) is 0 Å². The summed E-state index contributed by atoms with van der Waals surface area (Å²) in [5, 5.41) is 0.746. The summed E-state index contributed by atoms with van der Waals surface area (Å²) in [5.74, 6) is -0.216. The van der Waals surface area contributed by atoms with E-state index in [2.05, 4.69) is 16.5 Å². The van der Waals surface area contributed by atoms with Gasteiger partial charge in [-0.15, -0.1) is 11.8 Å². The fourth-order valence-electron chi connectivity index (χ4n) is 2.84. The van der Waals surface area contributed by atoms with Gasteiger partial charge in [-0.05, 0) is 49.6 Å². The minimum absolute atomic E-state index is 0.195. The molecule has 0 aliphatic rings. The van der Waals surface area contributed by atoms with Gasteiger partial charge >= 0.3 is 0 Å². The first-order chi connectivity index (χ1) is 12.1. The monoisotopic (exact) mass is 374 g/mol. The van der Waals surface area contributed by atoms with E-state index in [1.54, 1.807) is 18.0 Å². The first kappa shape index (κ1) is 18.0. The SMILES string of the molecule is CC(CCCn1ccnc1)(Sc1ccccc1Cl)c1ccc(F)cc1. The number of aromatic nitrogens is 2. The Balaban J connectivity index is 1.81. The molecule has 1 unspecified atom stereocenters.